The van der Waals surface area contributed by atoms with Gasteiger partial charge in [-0.05, 0) is 26.0 Å². The largest absolute Gasteiger partial charge is 0.493 e. The van der Waals surface area contributed by atoms with E-state index in [0.29, 0.717) is 12.1 Å². The van der Waals surface area contributed by atoms with Crippen LogP contribution >= 0.6 is 0 Å². The molecule has 1 atom stereocenters. The summed E-state index contributed by atoms with van der Waals surface area (Å²) in [5.41, 5.74) is 0.507. The summed E-state index contributed by atoms with van der Waals surface area (Å²) in [6, 6.07) is 3.94. The van der Waals surface area contributed by atoms with Crippen molar-refractivity contribution < 1.29 is 19.0 Å². The Labute approximate surface area is 106 Å². The summed E-state index contributed by atoms with van der Waals surface area (Å²) in [5, 5.41) is 12.1. The lowest BCUT2D eigenvalue weighted by Crippen LogP contribution is -2.24. The summed E-state index contributed by atoms with van der Waals surface area (Å²) >= 11 is 0. The first-order valence-electron chi connectivity index (χ1n) is 5.91. The number of nitrogens with one attached hydrogen (secondary N) is 1. The third-order valence-electron chi connectivity index (χ3n) is 2.39. The van der Waals surface area contributed by atoms with Gasteiger partial charge in [-0.1, -0.05) is 0 Å². The maximum absolute atomic E-state index is 13.1. The van der Waals surface area contributed by atoms with Gasteiger partial charge < -0.3 is 15.2 Å². The lowest BCUT2D eigenvalue weighted by atomic mass is 10.1. The molecule has 1 aromatic rings. The normalized spacial score (nSPS) is 12.0. The van der Waals surface area contributed by atoms with Gasteiger partial charge in [-0.2, -0.15) is 0 Å². The number of aliphatic hydroxyl groups excluding tert-OH is 1. The molecule has 1 amide bonds. The first-order chi connectivity index (χ1) is 8.54. The summed E-state index contributed by atoms with van der Waals surface area (Å²) in [7, 11) is 0. The molecular formula is C13H18FNO3. The van der Waals surface area contributed by atoms with Crippen LogP contribution in [0.1, 0.15) is 31.9 Å². The van der Waals surface area contributed by atoms with Gasteiger partial charge in [0.2, 0.25) is 5.91 Å². The summed E-state index contributed by atoms with van der Waals surface area (Å²) in [4.78, 5) is 11.2. The Morgan fingerprint density at radius 2 is 2.28 bits per heavy atom. The third kappa shape index (κ3) is 4.33. The zero-order valence-corrected chi connectivity index (χ0v) is 10.6. The molecule has 0 heterocycles. The minimum atomic E-state index is -0.745. The van der Waals surface area contributed by atoms with Gasteiger partial charge in [0, 0.05) is 18.2 Å². The van der Waals surface area contributed by atoms with Gasteiger partial charge in [0.15, 0.2) is 0 Å². The third-order valence-corrected chi connectivity index (χ3v) is 2.39. The Morgan fingerprint density at radius 3 is 2.89 bits per heavy atom. The zero-order chi connectivity index (χ0) is 13.5. The van der Waals surface area contributed by atoms with E-state index in [2.05, 4.69) is 5.32 Å². The van der Waals surface area contributed by atoms with Crippen LogP contribution in [-0.2, 0) is 4.79 Å². The van der Waals surface area contributed by atoms with Crippen LogP contribution in [0.2, 0.25) is 0 Å². The van der Waals surface area contributed by atoms with Gasteiger partial charge >= 0.3 is 0 Å². The van der Waals surface area contributed by atoms with E-state index in [4.69, 9.17) is 4.74 Å². The van der Waals surface area contributed by atoms with Crippen molar-refractivity contribution in [2.75, 3.05) is 13.2 Å². The van der Waals surface area contributed by atoms with Gasteiger partial charge in [-0.3, -0.25) is 4.79 Å². The topological polar surface area (TPSA) is 58.6 Å². The molecule has 0 fully saturated rings. The van der Waals surface area contributed by atoms with Gasteiger partial charge in [0.25, 0.3) is 0 Å². The summed E-state index contributed by atoms with van der Waals surface area (Å²) in [6.07, 6.45) is -0.547. The predicted molar refractivity (Wildman–Crippen MR) is 65.8 cm³/mol. The van der Waals surface area contributed by atoms with Crippen molar-refractivity contribution in [3.63, 3.8) is 0 Å². The van der Waals surface area contributed by atoms with E-state index in [1.54, 1.807) is 6.92 Å². The molecule has 0 aliphatic heterocycles. The highest BCUT2D eigenvalue weighted by molar-refractivity contribution is 5.75. The van der Waals surface area contributed by atoms with Crippen molar-refractivity contribution in [2.45, 2.75) is 26.4 Å². The molecule has 0 bridgehead atoms. The van der Waals surface area contributed by atoms with E-state index in [9.17, 15) is 14.3 Å². The van der Waals surface area contributed by atoms with Gasteiger partial charge in [-0.15, -0.1) is 0 Å². The molecule has 0 aliphatic rings. The van der Waals surface area contributed by atoms with Crippen molar-refractivity contribution in [3.05, 3.63) is 29.6 Å². The quantitative estimate of drug-likeness (QED) is 0.814. The van der Waals surface area contributed by atoms with E-state index in [-0.39, 0.29) is 24.7 Å². The highest BCUT2D eigenvalue weighted by Crippen LogP contribution is 2.26. The Balaban J connectivity index is 2.60. The van der Waals surface area contributed by atoms with Crippen molar-refractivity contribution in [3.8, 4) is 5.75 Å². The average molecular weight is 255 g/mol. The molecular weight excluding hydrogens is 237 g/mol. The second-order valence-electron chi connectivity index (χ2n) is 3.91. The van der Waals surface area contributed by atoms with Crippen LogP contribution in [0.25, 0.3) is 0 Å². The molecule has 0 saturated carbocycles. The highest BCUT2D eigenvalue weighted by Gasteiger charge is 2.11. The first kappa shape index (κ1) is 14.4. The molecule has 1 aromatic carbocycles. The number of amides is 1. The monoisotopic (exact) mass is 255 g/mol. The van der Waals surface area contributed by atoms with Crippen LogP contribution < -0.4 is 10.1 Å². The number of benzene rings is 1. The second-order valence-corrected chi connectivity index (χ2v) is 3.91. The van der Waals surface area contributed by atoms with Crippen molar-refractivity contribution in [1.29, 1.82) is 0 Å². The molecule has 0 saturated heterocycles. The maximum atomic E-state index is 13.1. The fourth-order valence-corrected chi connectivity index (χ4v) is 1.52. The number of hydrogen-bond donors (Lipinski definition) is 2. The lowest BCUT2D eigenvalue weighted by Gasteiger charge is -2.13. The molecule has 18 heavy (non-hydrogen) atoms. The van der Waals surface area contributed by atoms with Crippen LogP contribution in [0.5, 0.6) is 5.75 Å². The molecule has 0 radical (unpaired) electrons. The Morgan fingerprint density at radius 1 is 1.56 bits per heavy atom. The number of halogens is 1. The minimum absolute atomic E-state index is 0.118. The molecule has 4 nitrogen and oxygen atoms in total. The Hall–Kier alpha value is -1.62. The zero-order valence-electron chi connectivity index (χ0n) is 10.6. The lowest BCUT2D eigenvalue weighted by molar-refractivity contribution is -0.121. The number of ether oxygens (including phenoxy) is 1. The molecule has 0 aromatic heterocycles. The SMILES string of the molecule is CCNC(=O)CCOc1cc(F)ccc1[C@H](C)O. The molecule has 0 aliphatic carbocycles. The fourth-order valence-electron chi connectivity index (χ4n) is 1.52. The predicted octanol–water partition coefficient (Wildman–Crippen LogP) is 1.78. The van der Waals surface area contributed by atoms with E-state index in [1.807, 2.05) is 6.92 Å². The van der Waals surface area contributed by atoms with E-state index in [1.165, 1.54) is 18.2 Å². The Bertz CT molecular complexity index is 407. The molecule has 2 N–H and O–H groups in total. The Kier molecular flexibility index (Phi) is 5.58. The average Bonchev–Trinajstić information content (AvgIpc) is 2.29. The van der Waals surface area contributed by atoms with Crippen molar-refractivity contribution in [2.24, 2.45) is 0 Å². The van der Waals surface area contributed by atoms with E-state index in [0.717, 1.165) is 0 Å². The van der Waals surface area contributed by atoms with Crippen molar-refractivity contribution >= 4 is 5.91 Å². The maximum Gasteiger partial charge on any atom is 0.223 e. The summed E-state index contributed by atoms with van der Waals surface area (Å²) < 4.78 is 18.4. The van der Waals surface area contributed by atoms with Crippen LogP contribution in [0.15, 0.2) is 18.2 Å². The molecule has 0 spiro atoms. The fraction of sp³-hybridized carbons (Fsp3) is 0.462. The van der Waals surface area contributed by atoms with Crippen LogP contribution in [0.3, 0.4) is 0 Å². The van der Waals surface area contributed by atoms with Crippen LogP contribution in [-0.4, -0.2) is 24.2 Å². The standard InChI is InChI=1S/C13H18FNO3/c1-3-15-13(17)6-7-18-12-8-10(14)4-5-11(12)9(2)16/h4-5,8-9,16H,3,6-7H2,1-2H3,(H,15,17)/t9-/m0/s1. The van der Waals surface area contributed by atoms with Crippen LogP contribution in [0, 0.1) is 5.82 Å². The summed E-state index contributed by atoms with van der Waals surface area (Å²) in [6.45, 7) is 4.12. The van der Waals surface area contributed by atoms with E-state index >= 15 is 0 Å². The molecule has 1 rings (SSSR count). The first-order valence-corrected chi connectivity index (χ1v) is 5.91. The second kappa shape index (κ2) is 6.96. The number of aliphatic hydroxyl groups is 1. The number of carbonyl (C=O) groups excluding carboxylic acids is 1. The molecule has 5 heteroatoms. The summed E-state index contributed by atoms with van der Waals surface area (Å²) in [5.74, 6) is -0.283. The van der Waals surface area contributed by atoms with Crippen LogP contribution in [0.4, 0.5) is 4.39 Å². The van der Waals surface area contributed by atoms with Gasteiger partial charge in [0.1, 0.15) is 11.6 Å². The van der Waals surface area contributed by atoms with Gasteiger partial charge in [0.05, 0.1) is 19.1 Å². The highest BCUT2D eigenvalue weighted by atomic mass is 19.1. The van der Waals surface area contributed by atoms with Crippen molar-refractivity contribution in [1.82, 2.24) is 5.32 Å². The minimum Gasteiger partial charge on any atom is -0.493 e. The number of carbonyl (C=O) groups is 1. The molecule has 100 valence electrons. The smallest absolute Gasteiger partial charge is 0.223 e. The van der Waals surface area contributed by atoms with Gasteiger partial charge in [-0.25, -0.2) is 4.39 Å². The number of hydrogen-bond acceptors (Lipinski definition) is 3. The number of rotatable bonds is 6. The van der Waals surface area contributed by atoms with E-state index < -0.39 is 11.9 Å². The molecule has 0 unspecified atom stereocenters.